The van der Waals surface area contributed by atoms with Crippen LogP contribution in [0.1, 0.15) is 21.5 Å². The zero-order valence-corrected chi connectivity index (χ0v) is 12.2. The number of rotatable bonds is 2. The van der Waals surface area contributed by atoms with E-state index >= 15 is 0 Å². The molecular weight excluding hydrogens is 323 g/mol. The molecule has 0 unspecified atom stereocenters. The van der Waals surface area contributed by atoms with Gasteiger partial charge in [-0.2, -0.15) is 5.26 Å². The predicted molar refractivity (Wildman–Crippen MR) is 77.9 cm³/mol. The maximum Gasteiger partial charge on any atom is 0.255 e. The van der Waals surface area contributed by atoms with Crippen LogP contribution in [-0.4, -0.2) is 5.91 Å². The molecule has 0 spiro atoms. The van der Waals surface area contributed by atoms with E-state index in [1.54, 1.807) is 25.1 Å². The minimum Gasteiger partial charge on any atom is -0.321 e. The fourth-order valence-electron chi connectivity index (χ4n) is 1.79. The van der Waals surface area contributed by atoms with Crippen molar-refractivity contribution >= 4 is 27.5 Å². The number of nitrogens with one attached hydrogen (secondary N) is 1. The van der Waals surface area contributed by atoms with Crippen LogP contribution < -0.4 is 5.32 Å². The van der Waals surface area contributed by atoms with Crippen LogP contribution in [0.5, 0.6) is 0 Å². The van der Waals surface area contributed by atoms with E-state index < -0.39 is 0 Å². The van der Waals surface area contributed by atoms with Crippen molar-refractivity contribution in [2.24, 2.45) is 0 Å². The van der Waals surface area contributed by atoms with Crippen molar-refractivity contribution in [3.8, 4) is 6.07 Å². The van der Waals surface area contributed by atoms with E-state index in [9.17, 15) is 9.18 Å². The Morgan fingerprint density at radius 2 is 2.05 bits per heavy atom. The monoisotopic (exact) mass is 332 g/mol. The number of anilines is 1. The zero-order chi connectivity index (χ0) is 14.7. The van der Waals surface area contributed by atoms with Gasteiger partial charge in [-0.05, 0) is 48.9 Å². The summed E-state index contributed by atoms with van der Waals surface area (Å²) >= 11 is 3.26. The minimum atomic E-state index is -0.389. The first-order chi connectivity index (χ1) is 9.51. The number of carbonyl (C=O) groups excluding carboxylic acids is 1. The van der Waals surface area contributed by atoms with Crippen molar-refractivity contribution < 1.29 is 9.18 Å². The van der Waals surface area contributed by atoms with Gasteiger partial charge in [0.1, 0.15) is 11.9 Å². The highest BCUT2D eigenvalue weighted by molar-refractivity contribution is 9.10. The molecule has 0 atom stereocenters. The summed E-state index contributed by atoms with van der Waals surface area (Å²) < 4.78 is 13.8. The molecule has 0 bridgehead atoms. The van der Waals surface area contributed by atoms with Crippen molar-refractivity contribution in [2.75, 3.05) is 5.32 Å². The maximum absolute atomic E-state index is 13.0. The largest absolute Gasteiger partial charge is 0.321 e. The molecule has 0 heterocycles. The van der Waals surface area contributed by atoms with Gasteiger partial charge in [-0.25, -0.2) is 4.39 Å². The van der Waals surface area contributed by atoms with Crippen LogP contribution in [0.3, 0.4) is 0 Å². The summed E-state index contributed by atoms with van der Waals surface area (Å²) in [6.07, 6.45) is 0. The molecule has 3 nitrogen and oxygen atoms in total. The molecule has 0 radical (unpaired) electrons. The van der Waals surface area contributed by atoms with E-state index in [-0.39, 0.29) is 11.7 Å². The third-order valence-electron chi connectivity index (χ3n) is 2.78. The van der Waals surface area contributed by atoms with Gasteiger partial charge in [-0.15, -0.1) is 0 Å². The number of nitrogens with zero attached hydrogens (tertiary/aromatic N) is 1. The van der Waals surface area contributed by atoms with Crippen LogP contribution in [0.25, 0.3) is 0 Å². The van der Waals surface area contributed by atoms with Gasteiger partial charge in [0.05, 0.1) is 11.3 Å². The molecule has 20 heavy (non-hydrogen) atoms. The summed E-state index contributed by atoms with van der Waals surface area (Å²) in [5.74, 6) is -0.762. The third-order valence-corrected chi connectivity index (χ3v) is 3.28. The van der Waals surface area contributed by atoms with Crippen molar-refractivity contribution in [3.05, 3.63) is 63.4 Å². The summed E-state index contributed by atoms with van der Waals surface area (Å²) in [5, 5.41) is 11.7. The molecule has 0 aromatic heterocycles. The first-order valence-corrected chi connectivity index (χ1v) is 6.57. The third kappa shape index (κ3) is 3.03. The van der Waals surface area contributed by atoms with E-state index in [1.165, 1.54) is 18.2 Å². The molecule has 0 saturated carbocycles. The van der Waals surface area contributed by atoms with Crippen molar-refractivity contribution in [3.63, 3.8) is 0 Å². The number of aryl methyl sites for hydroxylation is 1. The Bertz CT molecular complexity index is 722. The quantitative estimate of drug-likeness (QED) is 0.902. The van der Waals surface area contributed by atoms with Gasteiger partial charge in [0, 0.05) is 10.0 Å². The molecule has 100 valence electrons. The highest BCUT2D eigenvalue weighted by Gasteiger charge is 2.12. The average molecular weight is 333 g/mol. The number of amides is 1. The highest BCUT2D eigenvalue weighted by Crippen LogP contribution is 2.21. The number of carbonyl (C=O) groups is 1. The van der Waals surface area contributed by atoms with Gasteiger partial charge in [0.2, 0.25) is 0 Å². The lowest BCUT2D eigenvalue weighted by molar-refractivity contribution is 0.102. The Morgan fingerprint density at radius 1 is 1.30 bits per heavy atom. The van der Waals surface area contributed by atoms with E-state index in [0.717, 1.165) is 4.47 Å². The normalized spacial score (nSPS) is 9.90. The fourth-order valence-corrected chi connectivity index (χ4v) is 2.15. The van der Waals surface area contributed by atoms with Crippen LogP contribution in [0.4, 0.5) is 10.1 Å². The molecule has 5 heteroatoms. The summed E-state index contributed by atoms with van der Waals surface area (Å²) in [4.78, 5) is 12.1. The summed E-state index contributed by atoms with van der Waals surface area (Å²) in [6.45, 7) is 1.66. The van der Waals surface area contributed by atoms with Gasteiger partial charge in [-0.3, -0.25) is 4.79 Å². The second-order valence-corrected chi connectivity index (χ2v) is 5.13. The maximum atomic E-state index is 13.0. The smallest absolute Gasteiger partial charge is 0.255 e. The van der Waals surface area contributed by atoms with E-state index in [2.05, 4.69) is 21.2 Å². The number of nitriles is 1. The topological polar surface area (TPSA) is 52.9 Å². The summed E-state index contributed by atoms with van der Waals surface area (Å²) in [6, 6.07) is 10.9. The summed E-state index contributed by atoms with van der Waals surface area (Å²) in [7, 11) is 0. The van der Waals surface area contributed by atoms with Gasteiger partial charge < -0.3 is 5.32 Å². The molecule has 0 fully saturated rings. The van der Waals surface area contributed by atoms with Gasteiger partial charge in [0.15, 0.2) is 0 Å². The molecular formula is C15H10BrFN2O. The molecule has 2 aromatic rings. The molecule has 0 saturated heterocycles. The molecule has 2 rings (SSSR count). The van der Waals surface area contributed by atoms with E-state index in [0.29, 0.717) is 22.4 Å². The zero-order valence-electron chi connectivity index (χ0n) is 10.6. The lowest BCUT2D eigenvalue weighted by Crippen LogP contribution is -2.14. The standard InChI is InChI=1S/C15H10BrFN2O/c1-9-6-12(17)3-4-13(9)15(20)19-14-5-2-11(16)7-10(14)8-18/h2-7H,1H3,(H,19,20). The Morgan fingerprint density at radius 3 is 2.70 bits per heavy atom. The van der Waals surface area contributed by atoms with E-state index in [1.807, 2.05) is 6.07 Å². The van der Waals surface area contributed by atoms with Crippen molar-refractivity contribution in [1.29, 1.82) is 5.26 Å². The molecule has 0 aliphatic heterocycles. The highest BCUT2D eigenvalue weighted by atomic mass is 79.9. The van der Waals surface area contributed by atoms with E-state index in [4.69, 9.17) is 5.26 Å². The Balaban J connectivity index is 2.31. The number of hydrogen-bond donors (Lipinski definition) is 1. The lowest BCUT2D eigenvalue weighted by atomic mass is 10.1. The molecule has 0 aliphatic carbocycles. The van der Waals surface area contributed by atoms with Crippen LogP contribution in [0, 0.1) is 24.1 Å². The number of hydrogen-bond acceptors (Lipinski definition) is 2. The van der Waals surface area contributed by atoms with Gasteiger partial charge in [-0.1, -0.05) is 15.9 Å². The predicted octanol–water partition coefficient (Wildman–Crippen LogP) is 4.02. The van der Waals surface area contributed by atoms with Crippen LogP contribution >= 0.6 is 15.9 Å². The Labute approximate surface area is 124 Å². The molecule has 1 amide bonds. The van der Waals surface area contributed by atoms with Gasteiger partial charge >= 0.3 is 0 Å². The average Bonchev–Trinajstić information content (AvgIpc) is 2.40. The van der Waals surface area contributed by atoms with Crippen LogP contribution in [0.15, 0.2) is 40.9 Å². The molecule has 1 N–H and O–H groups in total. The Kier molecular flexibility index (Phi) is 4.16. The Hall–Kier alpha value is -2.19. The first-order valence-electron chi connectivity index (χ1n) is 5.78. The van der Waals surface area contributed by atoms with Gasteiger partial charge in [0.25, 0.3) is 5.91 Å². The molecule has 2 aromatic carbocycles. The SMILES string of the molecule is Cc1cc(F)ccc1C(=O)Nc1ccc(Br)cc1C#N. The molecule has 0 aliphatic rings. The lowest BCUT2D eigenvalue weighted by Gasteiger charge is -2.09. The number of benzene rings is 2. The minimum absolute atomic E-state index is 0.354. The fraction of sp³-hybridized carbons (Fsp3) is 0.0667. The van der Waals surface area contributed by atoms with Crippen LogP contribution in [0.2, 0.25) is 0 Å². The number of halogens is 2. The van der Waals surface area contributed by atoms with Crippen molar-refractivity contribution in [1.82, 2.24) is 0 Å². The second kappa shape index (κ2) is 5.85. The second-order valence-electron chi connectivity index (χ2n) is 4.22. The van der Waals surface area contributed by atoms with Crippen molar-refractivity contribution in [2.45, 2.75) is 6.92 Å². The summed E-state index contributed by atoms with van der Waals surface area (Å²) in [5.41, 5.74) is 1.69. The first kappa shape index (κ1) is 14.2. The van der Waals surface area contributed by atoms with Crippen LogP contribution in [-0.2, 0) is 0 Å².